The predicted octanol–water partition coefficient (Wildman–Crippen LogP) is 3.57. The normalized spacial score (nSPS) is 2.35. The molecule has 0 spiro atoms. The number of hydrogen-bond acceptors (Lipinski definition) is 0. The maximum absolute atomic E-state index is 6.75. The summed E-state index contributed by atoms with van der Waals surface area (Å²) in [6.07, 6.45) is 0. The van der Waals surface area contributed by atoms with E-state index in [1.807, 2.05) is 0 Å². The molecule has 0 aliphatic carbocycles. The van der Waals surface area contributed by atoms with E-state index in [0.29, 0.717) is 0 Å². The molecule has 0 bridgehead atoms. The van der Waals surface area contributed by atoms with Crippen molar-refractivity contribution in [2.24, 2.45) is 0 Å². The molecule has 0 aromatic heterocycles. The minimum atomic E-state index is 0. The molecule has 0 saturated heterocycles. The second-order valence-corrected chi connectivity index (χ2v) is 0.447. The van der Waals surface area contributed by atoms with E-state index in [-0.39, 0.29) is 31.5 Å². The van der Waals surface area contributed by atoms with E-state index in [4.69, 9.17) is 55.3 Å². The van der Waals surface area contributed by atoms with Gasteiger partial charge >= 0.3 is 31.5 Å². The molecule has 0 fully saturated rings. The van der Waals surface area contributed by atoms with Crippen LogP contribution in [0.5, 0.6) is 0 Å². The molecule has 0 aliphatic heterocycles. The molecule has 0 atom stereocenters. The Labute approximate surface area is 112 Å². The van der Waals surface area contributed by atoms with Crippen molar-refractivity contribution in [1.29, 1.82) is 0 Å². The zero-order valence-corrected chi connectivity index (χ0v) is 9.41. The fraction of sp³-hybridized carbons (Fsp3) is 0. The Morgan fingerprint density at radius 3 is 0.353 bits per heavy atom. The van der Waals surface area contributed by atoms with Crippen molar-refractivity contribution in [3.63, 3.8) is 0 Å². The van der Waals surface area contributed by atoms with Crippen LogP contribution in [0, 0.1) is 0 Å². The minimum absolute atomic E-state index is 0. The fourth-order valence-corrected chi connectivity index (χ4v) is 0. The summed E-state index contributed by atoms with van der Waals surface area (Å²) in [5.41, 5.74) is 67.5. The van der Waals surface area contributed by atoms with Crippen molar-refractivity contribution < 1.29 is 0 Å². The van der Waals surface area contributed by atoms with Crippen LogP contribution in [0.15, 0.2) is 0 Å². The molecule has 80 valence electrons. The van der Waals surface area contributed by atoms with E-state index in [1.165, 1.54) is 24.6 Å². The third-order valence-electron chi connectivity index (χ3n) is 0. The summed E-state index contributed by atoms with van der Waals surface area (Å²) in [5.74, 6) is 0. The average Bonchev–Trinajstić information content (AvgIpc) is 2.09. The molecule has 0 saturated carbocycles. The Hall–Kier alpha value is -2.62. The van der Waals surface area contributed by atoms with Crippen LogP contribution in [-0.4, -0.2) is 31.5 Å². The Morgan fingerprint density at radius 1 is 0.353 bits per heavy atom. The van der Waals surface area contributed by atoms with Crippen LogP contribution in [0.1, 0.15) is 0 Å². The zero-order valence-electron chi connectivity index (χ0n) is 7.99. The van der Waals surface area contributed by atoms with E-state index >= 15 is 0 Å². The van der Waals surface area contributed by atoms with Gasteiger partial charge in [0.15, 0.2) is 0 Å². The Morgan fingerprint density at radius 2 is 0.353 bits per heavy atom. The molecule has 0 unspecified atom stereocenters. The standard InChI is InChI=1S/B.Mg.5N3/c;;5*1-3-2/q+3;+2;5*-1. The summed E-state index contributed by atoms with van der Waals surface area (Å²) in [7, 11) is 0. The summed E-state index contributed by atoms with van der Waals surface area (Å²) in [6, 6.07) is 0. The van der Waals surface area contributed by atoms with Gasteiger partial charge in [0.05, 0.1) is 0 Å². The van der Waals surface area contributed by atoms with Crippen molar-refractivity contribution in [3.8, 4) is 0 Å². The molecule has 0 aromatic carbocycles. The van der Waals surface area contributed by atoms with Crippen LogP contribution in [0.4, 0.5) is 0 Å². The zero-order chi connectivity index (χ0) is 13.5. The van der Waals surface area contributed by atoms with Crippen LogP contribution < -0.4 is 0 Å². The second kappa shape index (κ2) is 362. The average molecular weight is 245 g/mol. The molecular weight excluding hydrogens is 245 g/mol. The van der Waals surface area contributed by atoms with Gasteiger partial charge in [0.2, 0.25) is 0 Å². The number of rotatable bonds is 0. The third-order valence-corrected chi connectivity index (χ3v) is 0. The second-order valence-electron chi connectivity index (χ2n) is 0.447. The van der Waals surface area contributed by atoms with Gasteiger partial charge in [-0.05, 0) is 0 Å². The molecule has 0 N–H and O–H groups in total. The molecular formula is BMgN15. The van der Waals surface area contributed by atoms with Gasteiger partial charge in [-0.2, -0.15) is 0 Å². The van der Waals surface area contributed by atoms with Crippen LogP contribution in [-0.2, 0) is 0 Å². The molecule has 0 radical (unpaired) electrons. The van der Waals surface area contributed by atoms with Crippen molar-refractivity contribution in [2.75, 3.05) is 0 Å². The SMILES string of the molecule is [B+3].[Mg+2].[N-]=[N+]=[N-].[N-]=[N+]=[N-].[N-]=[N+]=[N-].[N-]=[N+]=[N-].[N-]=[N+]=[N-]. The van der Waals surface area contributed by atoms with Crippen molar-refractivity contribution >= 4 is 31.5 Å². The largest absolute Gasteiger partial charge is 3.00 e. The third kappa shape index (κ3) is 253. The first-order valence-corrected chi connectivity index (χ1v) is 2.00. The van der Waals surface area contributed by atoms with E-state index in [1.54, 1.807) is 0 Å². The summed E-state index contributed by atoms with van der Waals surface area (Å²) in [4.78, 5) is 7.50. The Bertz CT molecular complexity index is 186. The van der Waals surface area contributed by atoms with Gasteiger partial charge in [0, 0.05) is 0 Å². The molecule has 0 rings (SSSR count). The van der Waals surface area contributed by atoms with Gasteiger partial charge < -0.3 is 55.3 Å². The van der Waals surface area contributed by atoms with Gasteiger partial charge in [0.25, 0.3) is 0 Å². The minimum Gasteiger partial charge on any atom is -0.373 e. The quantitative estimate of drug-likeness (QED) is 0.255. The van der Waals surface area contributed by atoms with Gasteiger partial charge in [-0.15, -0.1) is 0 Å². The molecule has 15 nitrogen and oxygen atoms in total. The topological polar surface area (TPSA) is 294 Å². The van der Waals surface area contributed by atoms with E-state index < -0.39 is 0 Å². The van der Waals surface area contributed by atoms with Gasteiger partial charge in [-0.25, -0.2) is 0 Å². The predicted molar refractivity (Wildman–Crippen MR) is 61.9 cm³/mol. The monoisotopic (exact) mass is 245 g/mol. The smallest absolute Gasteiger partial charge is 0.373 e. The van der Waals surface area contributed by atoms with E-state index in [9.17, 15) is 0 Å². The van der Waals surface area contributed by atoms with Crippen molar-refractivity contribution in [3.05, 3.63) is 79.9 Å². The maximum Gasteiger partial charge on any atom is 3.00 e. The molecule has 0 aliphatic rings. The van der Waals surface area contributed by atoms with Crippen molar-refractivity contribution in [2.45, 2.75) is 0 Å². The Kier molecular flexibility index (Phi) is 1010. The summed E-state index contributed by atoms with van der Waals surface area (Å²) >= 11 is 0. The van der Waals surface area contributed by atoms with Crippen LogP contribution in [0.3, 0.4) is 0 Å². The van der Waals surface area contributed by atoms with Gasteiger partial charge in [0.1, 0.15) is 0 Å². The molecule has 0 heterocycles. The van der Waals surface area contributed by atoms with Gasteiger partial charge in [-0.1, -0.05) is 0 Å². The molecule has 0 amide bonds. The van der Waals surface area contributed by atoms with E-state index in [2.05, 4.69) is 0 Å². The van der Waals surface area contributed by atoms with Crippen LogP contribution >= 0.6 is 0 Å². The number of hydrogen-bond donors (Lipinski definition) is 0. The first-order chi connectivity index (χ1) is 7.07. The molecule has 17 heteroatoms. The van der Waals surface area contributed by atoms with E-state index in [0.717, 1.165) is 0 Å². The summed E-state index contributed by atoms with van der Waals surface area (Å²) < 4.78 is 0. The van der Waals surface area contributed by atoms with Gasteiger partial charge in [-0.3, -0.25) is 24.6 Å². The Balaban J connectivity index is -0.0000000143. The number of nitrogens with zero attached hydrogens (tertiary/aromatic N) is 15. The van der Waals surface area contributed by atoms with Crippen molar-refractivity contribution in [1.82, 2.24) is 0 Å². The van der Waals surface area contributed by atoms with Crippen LogP contribution in [0.25, 0.3) is 79.9 Å². The molecule has 0 aromatic rings. The fourth-order valence-electron chi connectivity index (χ4n) is 0. The summed E-state index contributed by atoms with van der Waals surface area (Å²) in [6.45, 7) is 0. The molecule has 17 heavy (non-hydrogen) atoms. The first kappa shape index (κ1) is 47.3. The maximum atomic E-state index is 6.75. The van der Waals surface area contributed by atoms with Crippen LogP contribution in [0.2, 0.25) is 0 Å². The summed E-state index contributed by atoms with van der Waals surface area (Å²) in [5, 5.41) is 0. The first-order valence-electron chi connectivity index (χ1n) is 2.00.